The third kappa shape index (κ3) is 3.78. The van der Waals surface area contributed by atoms with E-state index in [2.05, 4.69) is 0 Å². The maximum Gasteiger partial charge on any atom is 0.576 e. The molecule has 0 aliphatic heterocycles. The van der Waals surface area contributed by atoms with Crippen molar-refractivity contribution in [3.05, 3.63) is 48.0 Å². The molecule has 0 bridgehead atoms. The first-order valence-electron chi connectivity index (χ1n) is 6.06. The molecule has 0 atom stereocenters. The topological polar surface area (TPSA) is 36.9 Å². The van der Waals surface area contributed by atoms with E-state index in [1.54, 1.807) is 12.1 Å². The highest BCUT2D eigenvalue weighted by Gasteiger charge is 2.09. The molecule has 0 saturated carbocycles. The van der Waals surface area contributed by atoms with Crippen LogP contribution >= 0.6 is 0 Å². The van der Waals surface area contributed by atoms with Gasteiger partial charge in [-0.2, -0.15) is 0 Å². The molecule has 2 aromatic rings. The SMILES string of the molecule is COc1ccc(OBOc2ccc(OC)cc2F)c(F)c1. The van der Waals surface area contributed by atoms with Gasteiger partial charge in [0.05, 0.1) is 14.2 Å². The zero-order valence-electron chi connectivity index (χ0n) is 11.6. The summed E-state index contributed by atoms with van der Waals surface area (Å²) in [6.45, 7) is 0. The van der Waals surface area contributed by atoms with Gasteiger partial charge in [-0.1, -0.05) is 0 Å². The summed E-state index contributed by atoms with van der Waals surface area (Å²) in [5.74, 6) is -0.445. The van der Waals surface area contributed by atoms with Gasteiger partial charge in [0.25, 0.3) is 0 Å². The first-order chi connectivity index (χ1) is 10.1. The fourth-order valence-corrected chi connectivity index (χ4v) is 1.61. The molecule has 0 amide bonds. The van der Waals surface area contributed by atoms with Crippen molar-refractivity contribution in [3.63, 3.8) is 0 Å². The third-order valence-corrected chi connectivity index (χ3v) is 2.71. The monoisotopic (exact) mass is 294 g/mol. The number of ether oxygens (including phenoxy) is 2. The number of benzene rings is 2. The van der Waals surface area contributed by atoms with Gasteiger partial charge in [-0.05, 0) is 24.3 Å². The average Bonchev–Trinajstić information content (AvgIpc) is 2.50. The van der Waals surface area contributed by atoms with Crippen LogP contribution in [0.5, 0.6) is 23.0 Å². The molecule has 0 saturated heterocycles. The molecule has 0 aliphatic carbocycles. The molecular weight excluding hydrogens is 281 g/mol. The lowest BCUT2D eigenvalue weighted by atomic mass is 10.2. The number of halogens is 2. The lowest BCUT2D eigenvalue weighted by molar-refractivity contribution is 0.396. The summed E-state index contributed by atoms with van der Waals surface area (Å²) in [7, 11) is 2.54. The fraction of sp³-hybridized carbons (Fsp3) is 0.143. The zero-order chi connectivity index (χ0) is 15.2. The van der Waals surface area contributed by atoms with Crippen LogP contribution < -0.4 is 18.8 Å². The Bertz CT molecular complexity index is 568. The van der Waals surface area contributed by atoms with Crippen molar-refractivity contribution in [2.75, 3.05) is 14.2 Å². The number of methoxy groups -OCH3 is 2. The van der Waals surface area contributed by atoms with Crippen molar-refractivity contribution in [2.45, 2.75) is 0 Å². The third-order valence-electron chi connectivity index (χ3n) is 2.71. The molecule has 0 heterocycles. The van der Waals surface area contributed by atoms with E-state index in [4.69, 9.17) is 18.8 Å². The van der Waals surface area contributed by atoms with Gasteiger partial charge in [0.15, 0.2) is 11.6 Å². The van der Waals surface area contributed by atoms with E-state index < -0.39 is 11.6 Å². The summed E-state index contributed by atoms with van der Waals surface area (Å²) in [4.78, 5) is 0. The Balaban J connectivity index is 1.95. The van der Waals surface area contributed by atoms with Gasteiger partial charge in [0.2, 0.25) is 0 Å². The van der Waals surface area contributed by atoms with E-state index in [0.29, 0.717) is 11.5 Å². The average molecular weight is 294 g/mol. The maximum atomic E-state index is 13.6. The van der Waals surface area contributed by atoms with Gasteiger partial charge in [0, 0.05) is 12.1 Å². The molecule has 0 spiro atoms. The van der Waals surface area contributed by atoms with Crippen LogP contribution in [0.1, 0.15) is 0 Å². The molecule has 0 aromatic heterocycles. The second kappa shape index (κ2) is 6.83. The number of hydrogen-bond acceptors (Lipinski definition) is 4. The lowest BCUT2D eigenvalue weighted by Gasteiger charge is -2.10. The largest absolute Gasteiger partial charge is 0.576 e. The van der Waals surface area contributed by atoms with Gasteiger partial charge in [-0.25, -0.2) is 8.78 Å². The van der Waals surface area contributed by atoms with Crippen molar-refractivity contribution < 1.29 is 27.6 Å². The highest BCUT2D eigenvalue weighted by molar-refractivity contribution is 6.20. The minimum absolute atomic E-state index is 0.00952. The Morgan fingerprint density at radius 3 is 1.52 bits per heavy atom. The van der Waals surface area contributed by atoms with E-state index >= 15 is 0 Å². The van der Waals surface area contributed by atoms with Gasteiger partial charge in [-0.3, -0.25) is 0 Å². The number of hydrogen-bond donors (Lipinski definition) is 0. The van der Waals surface area contributed by atoms with E-state index in [1.807, 2.05) is 0 Å². The first kappa shape index (κ1) is 15.0. The van der Waals surface area contributed by atoms with E-state index in [9.17, 15) is 8.78 Å². The molecule has 0 unspecified atom stereocenters. The molecule has 2 rings (SSSR count). The zero-order valence-corrected chi connectivity index (χ0v) is 11.6. The molecule has 7 heteroatoms. The van der Waals surface area contributed by atoms with Gasteiger partial charge >= 0.3 is 7.69 Å². The van der Waals surface area contributed by atoms with Gasteiger partial charge in [-0.15, -0.1) is 0 Å². The number of rotatable bonds is 6. The second-order valence-electron chi connectivity index (χ2n) is 4.00. The summed E-state index contributed by atoms with van der Waals surface area (Å²) in [5.41, 5.74) is 0. The van der Waals surface area contributed by atoms with Crippen molar-refractivity contribution in [1.29, 1.82) is 0 Å². The Morgan fingerprint density at radius 1 is 0.762 bits per heavy atom. The summed E-state index contributed by atoms with van der Waals surface area (Å²) in [6, 6.07) is 8.27. The Labute approximate surface area is 121 Å². The fourth-order valence-electron chi connectivity index (χ4n) is 1.61. The van der Waals surface area contributed by atoms with Crippen molar-refractivity contribution in [2.24, 2.45) is 0 Å². The Kier molecular flexibility index (Phi) is 4.87. The summed E-state index contributed by atoms with van der Waals surface area (Å²) in [5, 5.41) is 0. The molecule has 0 radical (unpaired) electrons. The molecule has 21 heavy (non-hydrogen) atoms. The lowest BCUT2D eigenvalue weighted by Crippen LogP contribution is -2.12. The van der Waals surface area contributed by atoms with Crippen molar-refractivity contribution >= 4 is 7.69 Å². The van der Waals surface area contributed by atoms with Crippen LogP contribution in [-0.2, 0) is 0 Å². The van der Waals surface area contributed by atoms with Crippen LogP contribution in [0.15, 0.2) is 36.4 Å². The van der Waals surface area contributed by atoms with E-state index in [0.717, 1.165) is 0 Å². The highest BCUT2D eigenvalue weighted by atomic mass is 19.1. The Hall–Kier alpha value is -2.44. The molecule has 4 nitrogen and oxygen atoms in total. The van der Waals surface area contributed by atoms with Gasteiger partial charge < -0.3 is 18.8 Å². The van der Waals surface area contributed by atoms with E-state index in [1.165, 1.54) is 38.5 Å². The maximum absolute atomic E-state index is 13.6. The quantitative estimate of drug-likeness (QED) is 0.768. The minimum atomic E-state index is -0.590. The van der Waals surface area contributed by atoms with Crippen LogP contribution in [0.3, 0.4) is 0 Å². The molecule has 0 N–H and O–H groups in total. The Morgan fingerprint density at radius 2 is 1.19 bits per heavy atom. The summed E-state index contributed by atoms with van der Waals surface area (Å²) < 4.78 is 47.1. The highest BCUT2D eigenvalue weighted by Crippen LogP contribution is 2.24. The molecule has 110 valence electrons. The predicted molar refractivity (Wildman–Crippen MR) is 74.3 cm³/mol. The minimum Gasteiger partial charge on any atom is -0.526 e. The smallest absolute Gasteiger partial charge is 0.526 e. The normalized spacial score (nSPS) is 9.90. The standard InChI is InChI=1S/C14H13BF2O4/c1-18-9-3-5-13(11(16)7-9)20-15-21-14-6-4-10(19-2)8-12(14)17/h3-8,15H,1-2H3. The van der Waals surface area contributed by atoms with Crippen LogP contribution in [0, 0.1) is 11.6 Å². The second-order valence-corrected chi connectivity index (χ2v) is 4.00. The predicted octanol–water partition coefficient (Wildman–Crippen LogP) is 2.71. The summed E-state index contributed by atoms with van der Waals surface area (Å²) in [6.07, 6.45) is 0. The van der Waals surface area contributed by atoms with Crippen LogP contribution in [-0.4, -0.2) is 21.9 Å². The van der Waals surface area contributed by atoms with Crippen LogP contribution in [0.2, 0.25) is 0 Å². The first-order valence-corrected chi connectivity index (χ1v) is 6.06. The van der Waals surface area contributed by atoms with Crippen LogP contribution in [0.25, 0.3) is 0 Å². The van der Waals surface area contributed by atoms with Crippen molar-refractivity contribution in [3.8, 4) is 23.0 Å². The van der Waals surface area contributed by atoms with Crippen LogP contribution in [0.4, 0.5) is 8.78 Å². The molecular formula is C14H13BF2O4. The van der Waals surface area contributed by atoms with Gasteiger partial charge in [0.1, 0.15) is 23.0 Å². The summed E-state index contributed by atoms with van der Waals surface area (Å²) >= 11 is 0. The molecule has 2 aromatic carbocycles. The van der Waals surface area contributed by atoms with Crippen molar-refractivity contribution in [1.82, 2.24) is 0 Å². The molecule has 0 fully saturated rings. The molecule has 0 aliphatic rings. The van der Waals surface area contributed by atoms with E-state index in [-0.39, 0.29) is 19.2 Å².